The van der Waals surface area contributed by atoms with Gasteiger partial charge in [0, 0.05) is 19.3 Å². The van der Waals surface area contributed by atoms with Crippen molar-refractivity contribution in [3.05, 3.63) is 72.9 Å². The van der Waals surface area contributed by atoms with Crippen molar-refractivity contribution >= 4 is 17.9 Å². The van der Waals surface area contributed by atoms with Crippen molar-refractivity contribution in [1.29, 1.82) is 0 Å². The Balaban J connectivity index is 4.41. The van der Waals surface area contributed by atoms with E-state index in [2.05, 4.69) is 87.6 Å². The lowest BCUT2D eigenvalue weighted by Gasteiger charge is -2.18. The maximum absolute atomic E-state index is 12.8. The highest BCUT2D eigenvalue weighted by Crippen LogP contribution is 2.16. The molecule has 0 saturated heterocycles. The normalized spacial score (nSPS) is 12.6. The molecule has 374 valence electrons. The first-order valence-corrected chi connectivity index (χ1v) is 27.4. The largest absolute Gasteiger partial charge is 0.462 e. The molecule has 1 unspecified atom stereocenters. The molecule has 0 radical (unpaired) electrons. The molecule has 6 nitrogen and oxygen atoms in total. The lowest BCUT2D eigenvalue weighted by molar-refractivity contribution is -0.166. The minimum atomic E-state index is -0.809. The first-order chi connectivity index (χ1) is 32.0. The van der Waals surface area contributed by atoms with Crippen LogP contribution in [0.15, 0.2) is 72.9 Å². The van der Waals surface area contributed by atoms with Gasteiger partial charge in [-0.3, -0.25) is 14.4 Å². The van der Waals surface area contributed by atoms with Gasteiger partial charge in [-0.25, -0.2) is 0 Å². The lowest BCUT2D eigenvalue weighted by Crippen LogP contribution is -2.30. The second-order valence-electron chi connectivity index (χ2n) is 18.1. The Morgan fingerprint density at radius 3 is 1.06 bits per heavy atom. The van der Waals surface area contributed by atoms with Crippen LogP contribution >= 0.6 is 0 Å². The highest BCUT2D eigenvalue weighted by atomic mass is 16.6. The molecule has 0 rings (SSSR count). The average molecular weight is 907 g/mol. The van der Waals surface area contributed by atoms with Crippen molar-refractivity contribution in [2.24, 2.45) is 0 Å². The topological polar surface area (TPSA) is 78.9 Å². The van der Waals surface area contributed by atoms with Crippen LogP contribution in [0, 0.1) is 0 Å². The van der Waals surface area contributed by atoms with E-state index >= 15 is 0 Å². The molecule has 0 aliphatic carbocycles. The van der Waals surface area contributed by atoms with E-state index in [0.29, 0.717) is 19.3 Å². The van der Waals surface area contributed by atoms with Gasteiger partial charge in [-0.05, 0) is 77.0 Å². The van der Waals surface area contributed by atoms with Crippen LogP contribution < -0.4 is 0 Å². The van der Waals surface area contributed by atoms with E-state index in [-0.39, 0.29) is 37.5 Å². The second kappa shape index (κ2) is 53.5. The summed E-state index contributed by atoms with van der Waals surface area (Å²) in [6, 6.07) is 0. The number of rotatable bonds is 49. The zero-order valence-electron chi connectivity index (χ0n) is 42.7. The number of esters is 3. The molecular formula is C59H102O6. The van der Waals surface area contributed by atoms with Crippen LogP contribution in [0.25, 0.3) is 0 Å². The molecule has 65 heavy (non-hydrogen) atoms. The fraction of sp³-hybridized carbons (Fsp3) is 0.746. The number of hydrogen-bond donors (Lipinski definition) is 0. The predicted molar refractivity (Wildman–Crippen MR) is 279 cm³/mol. The lowest BCUT2D eigenvalue weighted by atomic mass is 10.0. The molecular weight excluding hydrogens is 805 g/mol. The van der Waals surface area contributed by atoms with E-state index in [4.69, 9.17) is 14.2 Å². The zero-order chi connectivity index (χ0) is 47.2. The van der Waals surface area contributed by atoms with E-state index in [1.165, 1.54) is 128 Å². The Hall–Kier alpha value is -3.15. The van der Waals surface area contributed by atoms with E-state index in [0.717, 1.165) is 89.9 Å². The summed E-state index contributed by atoms with van der Waals surface area (Å²) in [6.45, 7) is 6.44. The fourth-order valence-electron chi connectivity index (χ4n) is 7.60. The monoisotopic (exact) mass is 907 g/mol. The van der Waals surface area contributed by atoms with Crippen LogP contribution in [0.3, 0.4) is 0 Å². The Labute approximate surface area is 402 Å². The van der Waals surface area contributed by atoms with Gasteiger partial charge in [0.2, 0.25) is 0 Å². The van der Waals surface area contributed by atoms with Crippen molar-refractivity contribution in [3.8, 4) is 0 Å². The zero-order valence-corrected chi connectivity index (χ0v) is 42.7. The summed E-state index contributed by atoms with van der Waals surface area (Å²) in [6.07, 6.45) is 67.6. The molecule has 0 N–H and O–H groups in total. The summed E-state index contributed by atoms with van der Waals surface area (Å²) in [5, 5.41) is 0. The number of carbonyl (C=O) groups excluding carboxylic acids is 3. The molecule has 0 aliphatic heterocycles. The van der Waals surface area contributed by atoms with Crippen molar-refractivity contribution in [1.82, 2.24) is 0 Å². The number of unbranched alkanes of at least 4 members (excludes halogenated alkanes) is 26. The highest BCUT2D eigenvalue weighted by molar-refractivity contribution is 5.71. The molecule has 0 amide bonds. The SMILES string of the molecule is CC/C=C\C/C=C\C/C=C\C/C=C\CCC(=O)OCC(COC(=O)CCCCCCCCCCCCCCCCCCCCC)OC(=O)CCCCCCC/C=C\C/C=C\CCCCC. The third-order valence-electron chi connectivity index (χ3n) is 11.7. The van der Waals surface area contributed by atoms with E-state index < -0.39 is 6.10 Å². The molecule has 0 aliphatic rings. The Morgan fingerprint density at radius 1 is 0.323 bits per heavy atom. The Kier molecular flexibility index (Phi) is 50.9. The summed E-state index contributed by atoms with van der Waals surface area (Å²) < 4.78 is 16.7. The van der Waals surface area contributed by atoms with Gasteiger partial charge in [-0.1, -0.05) is 241 Å². The van der Waals surface area contributed by atoms with Gasteiger partial charge in [0.25, 0.3) is 0 Å². The number of carbonyl (C=O) groups is 3. The number of ether oxygens (including phenoxy) is 3. The molecule has 0 bridgehead atoms. The molecule has 0 fully saturated rings. The summed E-state index contributed by atoms with van der Waals surface area (Å²) in [7, 11) is 0. The van der Waals surface area contributed by atoms with Crippen molar-refractivity contribution in [3.63, 3.8) is 0 Å². The maximum Gasteiger partial charge on any atom is 0.306 e. The van der Waals surface area contributed by atoms with E-state index in [1.54, 1.807) is 0 Å². The van der Waals surface area contributed by atoms with Gasteiger partial charge in [-0.2, -0.15) is 0 Å². The van der Waals surface area contributed by atoms with Crippen LogP contribution in [-0.2, 0) is 28.6 Å². The van der Waals surface area contributed by atoms with Gasteiger partial charge in [-0.15, -0.1) is 0 Å². The average Bonchev–Trinajstić information content (AvgIpc) is 3.30. The molecule has 6 heteroatoms. The second-order valence-corrected chi connectivity index (χ2v) is 18.1. The van der Waals surface area contributed by atoms with Gasteiger partial charge in [0.15, 0.2) is 6.10 Å². The van der Waals surface area contributed by atoms with Gasteiger partial charge in [0.1, 0.15) is 13.2 Å². The summed E-state index contributed by atoms with van der Waals surface area (Å²) in [5.74, 6) is -0.994. The highest BCUT2D eigenvalue weighted by Gasteiger charge is 2.19. The molecule has 0 saturated carbocycles. The number of allylic oxidation sites excluding steroid dienone is 12. The number of hydrogen-bond acceptors (Lipinski definition) is 6. The summed E-state index contributed by atoms with van der Waals surface area (Å²) >= 11 is 0. The minimum absolute atomic E-state index is 0.101. The fourth-order valence-corrected chi connectivity index (χ4v) is 7.60. The predicted octanol–water partition coefficient (Wildman–Crippen LogP) is 18.2. The third kappa shape index (κ3) is 51.7. The van der Waals surface area contributed by atoms with Crippen molar-refractivity contribution in [2.45, 2.75) is 271 Å². The first kappa shape index (κ1) is 61.9. The molecule has 0 aromatic rings. The van der Waals surface area contributed by atoms with Gasteiger partial charge in [0.05, 0.1) is 0 Å². The third-order valence-corrected chi connectivity index (χ3v) is 11.7. The standard InChI is InChI=1S/C59H102O6/c1-4-7-10-13-16-19-22-25-27-28-29-30-32-34-37-40-43-46-49-52-58(61)64-55-56(54-63-57(60)51-48-45-42-39-36-33-24-21-18-15-12-9-6-3)65-59(62)53-50-47-44-41-38-35-31-26-23-20-17-14-11-8-5-2/h9,12,17-18,20-21,26,31,33,36,42,45,56H,4-8,10-11,13-16,19,22-25,27-30,32,34-35,37-41,43-44,46-55H2,1-3H3/b12-9-,20-17-,21-18-,31-26-,36-33-,45-42-. The molecule has 0 aromatic carbocycles. The maximum atomic E-state index is 12.8. The molecule has 0 aromatic heterocycles. The minimum Gasteiger partial charge on any atom is -0.462 e. The van der Waals surface area contributed by atoms with E-state index in [9.17, 15) is 14.4 Å². The van der Waals surface area contributed by atoms with Crippen LogP contribution in [0.1, 0.15) is 265 Å². The molecule has 0 spiro atoms. The van der Waals surface area contributed by atoms with Gasteiger partial charge >= 0.3 is 17.9 Å². The van der Waals surface area contributed by atoms with Crippen molar-refractivity contribution in [2.75, 3.05) is 13.2 Å². The van der Waals surface area contributed by atoms with Crippen LogP contribution in [-0.4, -0.2) is 37.2 Å². The smallest absolute Gasteiger partial charge is 0.306 e. The Morgan fingerprint density at radius 2 is 0.631 bits per heavy atom. The molecule has 1 atom stereocenters. The van der Waals surface area contributed by atoms with Crippen molar-refractivity contribution < 1.29 is 28.6 Å². The van der Waals surface area contributed by atoms with Crippen LogP contribution in [0.5, 0.6) is 0 Å². The van der Waals surface area contributed by atoms with E-state index in [1.807, 2.05) is 6.08 Å². The summed E-state index contributed by atoms with van der Waals surface area (Å²) in [4.78, 5) is 38.0. The van der Waals surface area contributed by atoms with Crippen LogP contribution in [0.2, 0.25) is 0 Å². The van der Waals surface area contributed by atoms with Crippen LogP contribution in [0.4, 0.5) is 0 Å². The Bertz CT molecular complexity index is 1230. The molecule has 0 heterocycles. The summed E-state index contributed by atoms with van der Waals surface area (Å²) in [5.41, 5.74) is 0. The quantitative estimate of drug-likeness (QED) is 0.0262. The van der Waals surface area contributed by atoms with Gasteiger partial charge < -0.3 is 14.2 Å². The first-order valence-electron chi connectivity index (χ1n) is 27.4.